The third kappa shape index (κ3) is 2.47. The standard InChI is InChI=1S/C19H17ClN2O2/c20-14-5-7-15(8-6-14)21-12-10-16(18(21)23)19(24)22-11-9-13-3-1-2-4-17(13)22/h1-8,16H,9-12H2. The Balaban J connectivity index is 1.55. The van der Waals surface area contributed by atoms with Gasteiger partial charge in [0.2, 0.25) is 11.8 Å². The minimum Gasteiger partial charge on any atom is -0.312 e. The number of amides is 2. The molecule has 4 nitrogen and oxygen atoms in total. The van der Waals surface area contributed by atoms with E-state index in [2.05, 4.69) is 0 Å². The Morgan fingerprint density at radius 3 is 2.58 bits per heavy atom. The van der Waals surface area contributed by atoms with Crippen LogP contribution in [0, 0.1) is 5.92 Å². The van der Waals surface area contributed by atoms with Crippen molar-refractivity contribution in [3.63, 3.8) is 0 Å². The number of benzene rings is 2. The van der Waals surface area contributed by atoms with Gasteiger partial charge in [-0.1, -0.05) is 29.8 Å². The molecule has 24 heavy (non-hydrogen) atoms. The molecule has 2 amide bonds. The Kier molecular flexibility index (Phi) is 3.77. The van der Waals surface area contributed by atoms with Gasteiger partial charge in [0.05, 0.1) is 0 Å². The average molecular weight is 341 g/mol. The minimum absolute atomic E-state index is 0.0820. The summed E-state index contributed by atoms with van der Waals surface area (Å²) in [7, 11) is 0. The second kappa shape index (κ2) is 5.95. The summed E-state index contributed by atoms with van der Waals surface area (Å²) < 4.78 is 0. The van der Waals surface area contributed by atoms with Crippen LogP contribution in [0.15, 0.2) is 48.5 Å². The highest BCUT2D eigenvalue weighted by atomic mass is 35.5. The molecule has 5 heteroatoms. The second-order valence-electron chi connectivity index (χ2n) is 6.18. The molecular weight excluding hydrogens is 324 g/mol. The van der Waals surface area contributed by atoms with Crippen LogP contribution in [-0.4, -0.2) is 24.9 Å². The lowest BCUT2D eigenvalue weighted by Crippen LogP contribution is -2.39. The van der Waals surface area contributed by atoms with Crippen molar-refractivity contribution in [3.05, 3.63) is 59.1 Å². The second-order valence-corrected chi connectivity index (χ2v) is 6.61. The Morgan fingerprint density at radius 1 is 1.04 bits per heavy atom. The highest BCUT2D eigenvalue weighted by Gasteiger charge is 2.41. The predicted molar refractivity (Wildman–Crippen MR) is 94.4 cm³/mol. The topological polar surface area (TPSA) is 40.6 Å². The van der Waals surface area contributed by atoms with E-state index in [1.807, 2.05) is 36.4 Å². The number of carbonyl (C=O) groups is 2. The maximum Gasteiger partial charge on any atom is 0.239 e. The molecule has 0 aromatic heterocycles. The summed E-state index contributed by atoms with van der Waals surface area (Å²) in [4.78, 5) is 29.1. The Morgan fingerprint density at radius 2 is 1.79 bits per heavy atom. The maximum atomic E-state index is 12.9. The summed E-state index contributed by atoms with van der Waals surface area (Å²) in [6.45, 7) is 1.22. The Bertz CT molecular complexity index is 803. The van der Waals surface area contributed by atoms with E-state index >= 15 is 0 Å². The summed E-state index contributed by atoms with van der Waals surface area (Å²) in [6.07, 6.45) is 1.41. The first-order chi connectivity index (χ1) is 11.6. The average Bonchev–Trinajstić information content (AvgIpc) is 3.19. The van der Waals surface area contributed by atoms with Gasteiger partial charge in [0, 0.05) is 29.5 Å². The molecule has 0 N–H and O–H groups in total. The first-order valence-corrected chi connectivity index (χ1v) is 8.49. The number of hydrogen-bond acceptors (Lipinski definition) is 2. The molecule has 1 saturated heterocycles. The van der Waals surface area contributed by atoms with Gasteiger partial charge in [0.1, 0.15) is 5.92 Å². The molecule has 2 aromatic rings. The quantitative estimate of drug-likeness (QED) is 0.787. The summed E-state index contributed by atoms with van der Waals surface area (Å²) >= 11 is 5.90. The molecule has 122 valence electrons. The number of anilines is 2. The lowest BCUT2D eigenvalue weighted by Gasteiger charge is -2.21. The van der Waals surface area contributed by atoms with Gasteiger partial charge in [-0.05, 0) is 48.7 Å². The van der Waals surface area contributed by atoms with Crippen molar-refractivity contribution in [3.8, 4) is 0 Å². The summed E-state index contributed by atoms with van der Waals surface area (Å²) in [6, 6.07) is 15.1. The van der Waals surface area contributed by atoms with E-state index in [9.17, 15) is 9.59 Å². The SMILES string of the molecule is O=C1C(C(=O)N2CCc3ccccc32)CCN1c1ccc(Cl)cc1. The molecule has 0 radical (unpaired) electrons. The first kappa shape index (κ1) is 15.2. The summed E-state index contributed by atoms with van der Waals surface area (Å²) in [5.74, 6) is -0.792. The smallest absolute Gasteiger partial charge is 0.239 e. The van der Waals surface area contributed by atoms with E-state index in [1.165, 1.54) is 5.56 Å². The van der Waals surface area contributed by atoms with E-state index in [1.54, 1.807) is 21.9 Å². The van der Waals surface area contributed by atoms with E-state index in [0.717, 1.165) is 17.8 Å². The highest BCUT2D eigenvalue weighted by Crippen LogP contribution is 2.32. The molecule has 1 atom stereocenters. The van der Waals surface area contributed by atoms with Crippen LogP contribution in [0.3, 0.4) is 0 Å². The van der Waals surface area contributed by atoms with Crippen molar-refractivity contribution >= 4 is 34.8 Å². The van der Waals surface area contributed by atoms with Gasteiger partial charge >= 0.3 is 0 Å². The van der Waals surface area contributed by atoms with Gasteiger partial charge in [0.25, 0.3) is 0 Å². The molecule has 2 aromatic carbocycles. The molecule has 1 fully saturated rings. The Labute approximate surface area is 145 Å². The van der Waals surface area contributed by atoms with Gasteiger partial charge in [-0.15, -0.1) is 0 Å². The fraction of sp³-hybridized carbons (Fsp3) is 0.263. The van der Waals surface area contributed by atoms with Crippen LogP contribution < -0.4 is 9.80 Å². The third-order valence-electron chi connectivity index (χ3n) is 4.80. The van der Waals surface area contributed by atoms with Crippen LogP contribution in [0.2, 0.25) is 5.02 Å². The van der Waals surface area contributed by atoms with Crippen molar-refractivity contribution in [2.45, 2.75) is 12.8 Å². The van der Waals surface area contributed by atoms with Gasteiger partial charge in [-0.3, -0.25) is 9.59 Å². The van der Waals surface area contributed by atoms with Crippen molar-refractivity contribution in [1.29, 1.82) is 0 Å². The number of rotatable bonds is 2. The molecule has 0 aliphatic carbocycles. The predicted octanol–water partition coefficient (Wildman–Crippen LogP) is 3.28. The van der Waals surface area contributed by atoms with Gasteiger partial charge < -0.3 is 9.80 Å². The lowest BCUT2D eigenvalue weighted by molar-refractivity contribution is -0.130. The van der Waals surface area contributed by atoms with E-state index in [4.69, 9.17) is 11.6 Å². The van der Waals surface area contributed by atoms with Crippen LogP contribution in [0.5, 0.6) is 0 Å². The van der Waals surface area contributed by atoms with Crippen molar-refractivity contribution in [1.82, 2.24) is 0 Å². The first-order valence-electron chi connectivity index (χ1n) is 8.11. The zero-order valence-corrected chi connectivity index (χ0v) is 13.9. The fourth-order valence-electron chi connectivity index (χ4n) is 3.54. The molecule has 2 aliphatic heterocycles. The molecule has 4 rings (SSSR count). The molecule has 2 aliphatic rings. The van der Waals surface area contributed by atoms with Crippen LogP contribution in [0.1, 0.15) is 12.0 Å². The number of fused-ring (bicyclic) bond motifs is 1. The number of nitrogens with zero attached hydrogens (tertiary/aromatic N) is 2. The zero-order valence-electron chi connectivity index (χ0n) is 13.1. The molecular formula is C19H17ClN2O2. The van der Waals surface area contributed by atoms with Gasteiger partial charge in [-0.25, -0.2) is 0 Å². The number of hydrogen-bond donors (Lipinski definition) is 0. The van der Waals surface area contributed by atoms with Crippen LogP contribution >= 0.6 is 11.6 Å². The van der Waals surface area contributed by atoms with Crippen molar-refractivity contribution in [2.75, 3.05) is 22.9 Å². The normalized spacial score (nSPS) is 19.7. The monoisotopic (exact) mass is 340 g/mol. The highest BCUT2D eigenvalue weighted by molar-refractivity contribution is 6.30. The Hall–Kier alpha value is -2.33. The van der Waals surface area contributed by atoms with Gasteiger partial charge in [0.15, 0.2) is 0 Å². The van der Waals surface area contributed by atoms with E-state index in [0.29, 0.717) is 24.5 Å². The largest absolute Gasteiger partial charge is 0.312 e. The zero-order chi connectivity index (χ0) is 16.7. The number of para-hydroxylation sites is 1. The van der Waals surface area contributed by atoms with Crippen LogP contribution in [0.25, 0.3) is 0 Å². The molecule has 0 bridgehead atoms. The summed E-state index contributed by atoms with van der Waals surface area (Å²) in [5.41, 5.74) is 2.91. The van der Waals surface area contributed by atoms with E-state index in [-0.39, 0.29) is 11.8 Å². The molecule has 0 saturated carbocycles. The number of carbonyl (C=O) groups excluding carboxylic acids is 2. The van der Waals surface area contributed by atoms with Crippen molar-refractivity contribution in [2.24, 2.45) is 5.92 Å². The number of halogens is 1. The summed E-state index contributed by atoms with van der Waals surface area (Å²) in [5, 5.41) is 0.631. The minimum atomic E-state index is -0.591. The maximum absolute atomic E-state index is 12.9. The molecule has 0 spiro atoms. The fourth-order valence-corrected chi connectivity index (χ4v) is 3.67. The molecule has 1 unspecified atom stereocenters. The van der Waals surface area contributed by atoms with E-state index < -0.39 is 5.92 Å². The third-order valence-corrected chi connectivity index (χ3v) is 5.05. The van der Waals surface area contributed by atoms with Gasteiger partial charge in [-0.2, -0.15) is 0 Å². The van der Waals surface area contributed by atoms with Crippen molar-refractivity contribution < 1.29 is 9.59 Å². The molecule has 2 heterocycles. The van der Waals surface area contributed by atoms with Crippen LogP contribution in [0.4, 0.5) is 11.4 Å². The van der Waals surface area contributed by atoms with Crippen LogP contribution in [-0.2, 0) is 16.0 Å². The lowest BCUT2D eigenvalue weighted by atomic mass is 10.1.